The molecule has 0 aromatic carbocycles. The Morgan fingerprint density at radius 2 is 2.10 bits per heavy atom. The van der Waals surface area contributed by atoms with Gasteiger partial charge in [0.25, 0.3) is 0 Å². The summed E-state index contributed by atoms with van der Waals surface area (Å²) in [6, 6.07) is -0.401. The molecule has 0 aliphatic carbocycles. The number of hydrogen-bond donors (Lipinski definition) is 1. The van der Waals surface area contributed by atoms with Gasteiger partial charge in [0.05, 0.1) is 5.69 Å². The molecule has 1 atom stereocenters. The van der Waals surface area contributed by atoms with Crippen LogP contribution >= 0.6 is 0 Å². The topological polar surface area (TPSA) is 92.7 Å². The lowest BCUT2D eigenvalue weighted by molar-refractivity contribution is -0.136. The summed E-state index contributed by atoms with van der Waals surface area (Å²) in [6.45, 7) is 5.37. The van der Waals surface area contributed by atoms with E-state index < -0.39 is 6.04 Å². The Kier molecular flexibility index (Phi) is 4.62. The van der Waals surface area contributed by atoms with Crippen molar-refractivity contribution < 1.29 is 14.1 Å². The van der Waals surface area contributed by atoms with Gasteiger partial charge in [-0.25, -0.2) is 0 Å². The van der Waals surface area contributed by atoms with Gasteiger partial charge in [0.15, 0.2) is 0 Å². The Balaban J connectivity index is 1.93. The third kappa shape index (κ3) is 3.41. The number of primary amides is 1. The summed E-state index contributed by atoms with van der Waals surface area (Å²) < 4.78 is 5.09. The zero-order valence-corrected chi connectivity index (χ0v) is 12.8. The van der Waals surface area contributed by atoms with Crippen LogP contribution in [0, 0.1) is 13.8 Å². The maximum absolute atomic E-state index is 12.3. The van der Waals surface area contributed by atoms with E-state index in [1.165, 1.54) is 0 Å². The molecule has 0 saturated carbocycles. The average molecular weight is 294 g/mol. The number of amides is 2. The highest BCUT2D eigenvalue weighted by molar-refractivity contribution is 5.82. The SMILES string of the molecule is Cc1noc(C)c1CCC(=O)N1CCN(C)C(C(N)=O)C1. The van der Waals surface area contributed by atoms with Crippen LogP contribution in [0.4, 0.5) is 0 Å². The molecular formula is C14H22N4O3. The van der Waals surface area contributed by atoms with Gasteiger partial charge in [0, 0.05) is 31.6 Å². The van der Waals surface area contributed by atoms with Gasteiger partial charge in [-0.1, -0.05) is 5.16 Å². The molecule has 7 nitrogen and oxygen atoms in total. The van der Waals surface area contributed by atoms with E-state index >= 15 is 0 Å². The first-order valence-electron chi connectivity index (χ1n) is 7.09. The lowest BCUT2D eigenvalue weighted by Gasteiger charge is -2.37. The fourth-order valence-electron chi connectivity index (χ4n) is 2.66. The highest BCUT2D eigenvalue weighted by Crippen LogP contribution is 2.16. The van der Waals surface area contributed by atoms with Gasteiger partial charge in [-0.2, -0.15) is 0 Å². The van der Waals surface area contributed by atoms with Crippen molar-refractivity contribution in [3.05, 3.63) is 17.0 Å². The van der Waals surface area contributed by atoms with E-state index in [-0.39, 0.29) is 11.8 Å². The highest BCUT2D eigenvalue weighted by atomic mass is 16.5. The minimum Gasteiger partial charge on any atom is -0.368 e. The molecule has 7 heteroatoms. The average Bonchev–Trinajstić information content (AvgIpc) is 2.75. The number of nitrogens with two attached hydrogens (primary N) is 1. The fraction of sp³-hybridized carbons (Fsp3) is 0.643. The van der Waals surface area contributed by atoms with Gasteiger partial charge in [0.2, 0.25) is 11.8 Å². The standard InChI is InChI=1S/C14H22N4O3/c1-9-11(10(2)21-16-9)4-5-13(19)18-7-6-17(3)12(8-18)14(15)20/h12H,4-8H2,1-3H3,(H2,15,20). The van der Waals surface area contributed by atoms with E-state index in [4.69, 9.17) is 10.3 Å². The number of carbonyl (C=O) groups excluding carboxylic acids is 2. The molecular weight excluding hydrogens is 272 g/mol. The van der Waals surface area contributed by atoms with E-state index in [1.807, 2.05) is 25.8 Å². The molecule has 0 spiro atoms. The second kappa shape index (κ2) is 6.26. The maximum Gasteiger partial charge on any atom is 0.236 e. The van der Waals surface area contributed by atoms with E-state index in [0.29, 0.717) is 32.5 Å². The van der Waals surface area contributed by atoms with Crippen LogP contribution in [0.3, 0.4) is 0 Å². The second-order valence-corrected chi connectivity index (χ2v) is 5.54. The zero-order valence-electron chi connectivity index (χ0n) is 12.8. The summed E-state index contributed by atoms with van der Waals surface area (Å²) in [5.74, 6) is 0.406. The molecule has 1 unspecified atom stereocenters. The first-order valence-corrected chi connectivity index (χ1v) is 7.09. The van der Waals surface area contributed by atoms with Crippen LogP contribution in [0.25, 0.3) is 0 Å². The predicted octanol–water partition coefficient (Wildman–Crippen LogP) is -0.148. The van der Waals surface area contributed by atoms with Crippen LogP contribution in [-0.4, -0.2) is 59.5 Å². The minimum absolute atomic E-state index is 0.0364. The first-order chi connectivity index (χ1) is 9.90. The van der Waals surface area contributed by atoms with Crippen molar-refractivity contribution in [2.24, 2.45) is 5.73 Å². The van der Waals surface area contributed by atoms with Crippen molar-refractivity contribution in [2.75, 3.05) is 26.7 Å². The van der Waals surface area contributed by atoms with Gasteiger partial charge in [-0.3, -0.25) is 14.5 Å². The molecule has 2 amide bonds. The number of piperazine rings is 1. The van der Waals surface area contributed by atoms with E-state index in [2.05, 4.69) is 5.16 Å². The summed E-state index contributed by atoms with van der Waals surface area (Å²) >= 11 is 0. The summed E-state index contributed by atoms with van der Waals surface area (Å²) in [5, 5.41) is 3.88. The molecule has 0 radical (unpaired) electrons. The lowest BCUT2D eigenvalue weighted by atomic mass is 10.1. The van der Waals surface area contributed by atoms with E-state index in [9.17, 15) is 9.59 Å². The fourth-order valence-corrected chi connectivity index (χ4v) is 2.66. The van der Waals surface area contributed by atoms with Crippen LogP contribution in [0.2, 0.25) is 0 Å². The molecule has 1 aliphatic heterocycles. The molecule has 1 aromatic rings. The number of rotatable bonds is 4. The summed E-state index contributed by atoms with van der Waals surface area (Å²) in [4.78, 5) is 27.3. The van der Waals surface area contributed by atoms with Crippen molar-refractivity contribution >= 4 is 11.8 Å². The largest absolute Gasteiger partial charge is 0.368 e. The van der Waals surface area contributed by atoms with Gasteiger partial charge in [0.1, 0.15) is 11.8 Å². The Hall–Kier alpha value is -1.89. The van der Waals surface area contributed by atoms with Crippen LogP contribution in [0.15, 0.2) is 4.52 Å². The van der Waals surface area contributed by atoms with Gasteiger partial charge < -0.3 is 15.2 Å². The molecule has 2 N–H and O–H groups in total. The first kappa shape index (κ1) is 15.5. The smallest absolute Gasteiger partial charge is 0.236 e. The zero-order chi connectivity index (χ0) is 15.6. The molecule has 2 heterocycles. The van der Waals surface area contributed by atoms with Crippen LogP contribution < -0.4 is 5.73 Å². The van der Waals surface area contributed by atoms with Crippen molar-refractivity contribution in [1.82, 2.24) is 15.0 Å². The quantitative estimate of drug-likeness (QED) is 0.834. The lowest BCUT2D eigenvalue weighted by Crippen LogP contribution is -2.57. The second-order valence-electron chi connectivity index (χ2n) is 5.54. The Morgan fingerprint density at radius 1 is 1.38 bits per heavy atom. The number of aromatic nitrogens is 1. The Labute approximate surface area is 124 Å². The monoisotopic (exact) mass is 294 g/mol. The van der Waals surface area contributed by atoms with Gasteiger partial charge in [-0.05, 0) is 27.3 Å². The number of nitrogens with zero attached hydrogens (tertiary/aromatic N) is 3. The van der Waals surface area contributed by atoms with Crippen molar-refractivity contribution in [1.29, 1.82) is 0 Å². The maximum atomic E-state index is 12.3. The van der Waals surface area contributed by atoms with Crippen molar-refractivity contribution in [3.63, 3.8) is 0 Å². The molecule has 2 rings (SSSR count). The molecule has 1 saturated heterocycles. The minimum atomic E-state index is -0.401. The Morgan fingerprint density at radius 3 is 2.67 bits per heavy atom. The number of aryl methyl sites for hydroxylation is 2. The van der Waals surface area contributed by atoms with Crippen LogP contribution in [0.5, 0.6) is 0 Å². The third-order valence-electron chi connectivity index (χ3n) is 4.10. The van der Waals surface area contributed by atoms with Crippen LogP contribution in [0.1, 0.15) is 23.4 Å². The van der Waals surface area contributed by atoms with Crippen LogP contribution in [-0.2, 0) is 16.0 Å². The number of hydrogen-bond acceptors (Lipinski definition) is 5. The molecule has 1 aliphatic rings. The summed E-state index contributed by atoms with van der Waals surface area (Å²) in [5.41, 5.74) is 7.19. The van der Waals surface area contributed by atoms with Gasteiger partial charge >= 0.3 is 0 Å². The molecule has 116 valence electrons. The molecule has 21 heavy (non-hydrogen) atoms. The summed E-state index contributed by atoms with van der Waals surface area (Å²) in [6.07, 6.45) is 0.992. The van der Waals surface area contributed by atoms with Gasteiger partial charge in [-0.15, -0.1) is 0 Å². The van der Waals surface area contributed by atoms with E-state index in [1.54, 1.807) is 4.90 Å². The number of carbonyl (C=O) groups is 2. The summed E-state index contributed by atoms with van der Waals surface area (Å²) in [7, 11) is 1.85. The van der Waals surface area contributed by atoms with Crippen molar-refractivity contribution in [2.45, 2.75) is 32.7 Å². The number of likely N-dealkylation sites (N-methyl/N-ethyl adjacent to an activating group) is 1. The normalized spacial score (nSPS) is 19.8. The molecule has 1 aromatic heterocycles. The molecule has 1 fully saturated rings. The molecule has 0 bridgehead atoms. The Bertz CT molecular complexity index is 521. The van der Waals surface area contributed by atoms with Crippen molar-refractivity contribution in [3.8, 4) is 0 Å². The highest BCUT2D eigenvalue weighted by Gasteiger charge is 2.30. The predicted molar refractivity (Wildman–Crippen MR) is 76.5 cm³/mol. The van der Waals surface area contributed by atoms with E-state index in [0.717, 1.165) is 17.0 Å². The third-order valence-corrected chi connectivity index (χ3v) is 4.10.